The Morgan fingerprint density at radius 2 is 1.88 bits per heavy atom. The molecule has 16 heavy (non-hydrogen) atoms. The van der Waals surface area contributed by atoms with Crippen LogP contribution in [-0.2, 0) is 11.8 Å². The molecule has 2 unspecified atom stereocenters. The van der Waals surface area contributed by atoms with Gasteiger partial charge in [-0.25, -0.2) is 0 Å². The maximum absolute atomic E-state index is 3.59. The summed E-state index contributed by atoms with van der Waals surface area (Å²) >= 11 is 0. The molecule has 1 nitrogen and oxygen atoms in total. The van der Waals surface area contributed by atoms with Gasteiger partial charge in [-0.1, -0.05) is 39.0 Å². The van der Waals surface area contributed by atoms with Crippen LogP contribution < -0.4 is 5.32 Å². The highest BCUT2D eigenvalue weighted by Gasteiger charge is 2.22. The number of rotatable bonds is 0. The Balaban J connectivity index is 2.42. The molecule has 0 radical (unpaired) electrons. The lowest BCUT2D eigenvalue weighted by molar-refractivity contribution is 0.444. The Bertz CT molecular complexity index is 387. The zero-order valence-corrected chi connectivity index (χ0v) is 11.1. The summed E-state index contributed by atoms with van der Waals surface area (Å²) in [6.07, 6.45) is 1.16. The summed E-state index contributed by atoms with van der Waals surface area (Å²) in [5.41, 5.74) is 4.72. The predicted molar refractivity (Wildman–Crippen MR) is 69.9 cm³/mol. The minimum Gasteiger partial charge on any atom is -0.307 e. The molecule has 1 aromatic carbocycles. The molecule has 0 aliphatic carbocycles. The summed E-state index contributed by atoms with van der Waals surface area (Å²) in [5, 5.41) is 3.59. The Hall–Kier alpha value is -0.820. The average molecular weight is 217 g/mol. The molecule has 1 heteroatoms. The quantitative estimate of drug-likeness (QED) is 0.700. The van der Waals surface area contributed by atoms with Gasteiger partial charge in [0.25, 0.3) is 0 Å². The van der Waals surface area contributed by atoms with E-state index in [9.17, 15) is 0 Å². The molecule has 1 aromatic rings. The monoisotopic (exact) mass is 217 g/mol. The van der Waals surface area contributed by atoms with Gasteiger partial charge in [0, 0.05) is 12.1 Å². The highest BCUT2D eigenvalue weighted by molar-refractivity contribution is 5.38. The SMILES string of the molecule is CC1Cc2cc(C(C)(C)C)ccc2C(C)N1. The molecular weight excluding hydrogens is 194 g/mol. The van der Waals surface area contributed by atoms with Crippen molar-refractivity contribution >= 4 is 0 Å². The molecule has 0 saturated carbocycles. The first-order valence-electron chi connectivity index (χ1n) is 6.27. The molecule has 0 saturated heterocycles. The van der Waals surface area contributed by atoms with Gasteiger partial charge in [-0.05, 0) is 42.4 Å². The van der Waals surface area contributed by atoms with E-state index in [1.54, 1.807) is 0 Å². The van der Waals surface area contributed by atoms with Crippen molar-refractivity contribution in [3.05, 3.63) is 34.9 Å². The van der Waals surface area contributed by atoms with Gasteiger partial charge in [-0.15, -0.1) is 0 Å². The van der Waals surface area contributed by atoms with Crippen LogP contribution in [-0.4, -0.2) is 6.04 Å². The van der Waals surface area contributed by atoms with Crippen LogP contribution in [0.25, 0.3) is 0 Å². The van der Waals surface area contributed by atoms with Crippen LogP contribution in [0.4, 0.5) is 0 Å². The second kappa shape index (κ2) is 3.89. The first kappa shape index (κ1) is 11.7. The fourth-order valence-corrected chi connectivity index (χ4v) is 2.58. The van der Waals surface area contributed by atoms with Crippen molar-refractivity contribution in [3.8, 4) is 0 Å². The summed E-state index contributed by atoms with van der Waals surface area (Å²) in [5.74, 6) is 0. The molecular formula is C15H23N. The van der Waals surface area contributed by atoms with Gasteiger partial charge in [0.2, 0.25) is 0 Å². The Morgan fingerprint density at radius 3 is 2.50 bits per heavy atom. The third-order valence-corrected chi connectivity index (χ3v) is 3.54. The van der Waals surface area contributed by atoms with E-state index in [-0.39, 0.29) is 5.41 Å². The van der Waals surface area contributed by atoms with Crippen molar-refractivity contribution in [1.29, 1.82) is 0 Å². The van der Waals surface area contributed by atoms with E-state index in [0.29, 0.717) is 12.1 Å². The van der Waals surface area contributed by atoms with Crippen molar-refractivity contribution < 1.29 is 0 Å². The van der Waals surface area contributed by atoms with E-state index in [1.165, 1.54) is 16.7 Å². The minimum atomic E-state index is 0.256. The Labute approximate surface area is 99.3 Å². The molecule has 1 aliphatic rings. The first-order chi connectivity index (χ1) is 7.38. The number of nitrogens with one attached hydrogen (secondary N) is 1. The molecule has 1 heterocycles. The highest BCUT2D eigenvalue weighted by Crippen LogP contribution is 2.30. The topological polar surface area (TPSA) is 12.0 Å². The number of benzene rings is 1. The lowest BCUT2D eigenvalue weighted by Gasteiger charge is -2.31. The van der Waals surface area contributed by atoms with E-state index in [4.69, 9.17) is 0 Å². The fourth-order valence-electron chi connectivity index (χ4n) is 2.58. The molecule has 1 aliphatic heterocycles. The zero-order valence-electron chi connectivity index (χ0n) is 11.1. The number of hydrogen-bond donors (Lipinski definition) is 1. The second-order valence-electron chi connectivity index (χ2n) is 6.16. The summed E-state index contributed by atoms with van der Waals surface area (Å²) in [6.45, 7) is 11.4. The van der Waals surface area contributed by atoms with Crippen LogP contribution in [0.2, 0.25) is 0 Å². The van der Waals surface area contributed by atoms with Gasteiger partial charge in [0.1, 0.15) is 0 Å². The summed E-state index contributed by atoms with van der Waals surface area (Å²) in [4.78, 5) is 0. The second-order valence-corrected chi connectivity index (χ2v) is 6.16. The van der Waals surface area contributed by atoms with E-state index in [2.05, 4.69) is 58.1 Å². The minimum absolute atomic E-state index is 0.256. The highest BCUT2D eigenvalue weighted by atomic mass is 14.9. The summed E-state index contributed by atoms with van der Waals surface area (Å²) in [6, 6.07) is 8.08. The van der Waals surface area contributed by atoms with Crippen molar-refractivity contribution in [3.63, 3.8) is 0 Å². The lowest BCUT2D eigenvalue weighted by atomic mass is 9.82. The Morgan fingerprint density at radius 1 is 1.19 bits per heavy atom. The maximum Gasteiger partial charge on any atom is 0.0297 e. The maximum atomic E-state index is 3.59. The normalized spacial score (nSPS) is 25.3. The van der Waals surface area contributed by atoms with Crippen molar-refractivity contribution in [2.24, 2.45) is 0 Å². The smallest absolute Gasteiger partial charge is 0.0297 e. The molecule has 88 valence electrons. The average Bonchev–Trinajstić information content (AvgIpc) is 2.15. The number of fused-ring (bicyclic) bond motifs is 1. The largest absolute Gasteiger partial charge is 0.307 e. The summed E-state index contributed by atoms with van der Waals surface area (Å²) in [7, 11) is 0. The molecule has 0 spiro atoms. The third kappa shape index (κ3) is 2.15. The van der Waals surface area contributed by atoms with Crippen LogP contribution >= 0.6 is 0 Å². The van der Waals surface area contributed by atoms with Crippen LogP contribution in [0.1, 0.15) is 57.4 Å². The van der Waals surface area contributed by atoms with Gasteiger partial charge in [-0.3, -0.25) is 0 Å². The van der Waals surface area contributed by atoms with Crippen LogP contribution in [0, 0.1) is 0 Å². The van der Waals surface area contributed by atoms with Crippen molar-refractivity contribution in [1.82, 2.24) is 5.32 Å². The Kier molecular flexibility index (Phi) is 2.83. The molecule has 2 rings (SSSR count). The van der Waals surface area contributed by atoms with Gasteiger partial charge < -0.3 is 5.32 Å². The number of hydrogen-bond acceptors (Lipinski definition) is 1. The molecule has 0 aromatic heterocycles. The van der Waals surface area contributed by atoms with E-state index >= 15 is 0 Å². The van der Waals surface area contributed by atoms with Gasteiger partial charge >= 0.3 is 0 Å². The van der Waals surface area contributed by atoms with E-state index < -0.39 is 0 Å². The van der Waals surface area contributed by atoms with E-state index in [1.807, 2.05) is 0 Å². The van der Waals surface area contributed by atoms with E-state index in [0.717, 1.165) is 6.42 Å². The van der Waals surface area contributed by atoms with Crippen molar-refractivity contribution in [2.75, 3.05) is 0 Å². The molecule has 1 N–H and O–H groups in total. The zero-order chi connectivity index (χ0) is 11.9. The van der Waals surface area contributed by atoms with Gasteiger partial charge in [0.05, 0.1) is 0 Å². The molecule has 2 atom stereocenters. The molecule has 0 bridgehead atoms. The lowest BCUT2D eigenvalue weighted by Crippen LogP contribution is -2.36. The first-order valence-corrected chi connectivity index (χ1v) is 6.27. The van der Waals surface area contributed by atoms with Crippen LogP contribution in [0.5, 0.6) is 0 Å². The third-order valence-electron chi connectivity index (χ3n) is 3.54. The standard InChI is InChI=1S/C15H23N/c1-10-8-12-9-13(15(3,4)5)6-7-14(12)11(2)16-10/h6-7,9-11,16H,8H2,1-5H3. The molecule has 0 amide bonds. The predicted octanol–water partition coefficient (Wildman–Crippen LogP) is 3.58. The van der Waals surface area contributed by atoms with Crippen molar-refractivity contribution in [2.45, 2.75) is 58.5 Å². The molecule has 0 fully saturated rings. The van der Waals surface area contributed by atoms with Gasteiger partial charge in [0.15, 0.2) is 0 Å². The van der Waals surface area contributed by atoms with Crippen LogP contribution in [0.15, 0.2) is 18.2 Å². The fraction of sp³-hybridized carbons (Fsp3) is 0.600. The van der Waals surface area contributed by atoms with Crippen LogP contribution in [0.3, 0.4) is 0 Å². The summed E-state index contributed by atoms with van der Waals surface area (Å²) < 4.78 is 0. The van der Waals surface area contributed by atoms with Gasteiger partial charge in [-0.2, -0.15) is 0 Å².